The van der Waals surface area contributed by atoms with Crippen molar-refractivity contribution in [1.82, 2.24) is 5.32 Å². The van der Waals surface area contributed by atoms with Crippen LogP contribution in [0.15, 0.2) is 0 Å². The van der Waals surface area contributed by atoms with Crippen LogP contribution in [0.3, 0.4) is 0 Å². The van der Waals surface area contributed by atoms with Crippen LogP contribution >= 0.6 is 0 Å². The first-order valence-electron chi connectivity index (χ1n) is 6.33. The summed E-state index contributed by atoms with van der Waals surface area (Å²) >= 11 is 0. The van der Waals surface area contributed by atoms with Crippen molar-refractivity contribution in [1.29, 1.82) is 0 Å². The van der Waals surface area contributed by atoms with Gasteiger partial charge >= 0.3 is 0 Å². The largest absolute Gasteiger partial charge is 0.346 e. The van der Waals surface area contributed by atoms with Crippen molar-refractivity contribution in [3.05, 3.63) is 0 Å². The Labute approximate surface area is 91.5 Å². The molecule has 2 aliphatic heterocycles. The topological polar surface area (TPSA) is 30.5 Å². The number of ether oxygens (including phenoxy) is 2. The van der Waals surface area contributed by atoms with Crippen LogP contribution in [0.1, 0.15) is 39.0 Å². The van der Waals surface area contributed by atoms with E-state index in [0.717, 1.165) is 26.2 Å². The molecule has 0 aromatic rings. The second-order valence-corrected chi connectivity index (χ2v) is 5.22. The van der Waals surface area contributed by atoms with E-state index in [1.54, 1.807) is 0 Å². The van der Waals surface area contributed by atoms with Gasteiger partial charge in [-0.2, -0.15) is 0 Å². The monoisotopic (exact) mass is 211 g/mol. The minimum absolute atomic E-state index is 0.267. The minimum Gasteiger partial charge on any atom is -0.346 e. The van der Waals surface area contributed by atoms with Gasteiger partial charge in [-0.1, -0.05) is 6.92 Å². The molecule has 3 rings (SSSR count). The van der Waals surface area contributed by atoms with Gasteiger partial charge in [0.05, 0.1) is 19.3 Å². The number of nitrogens with one attached hydrogen (secondary N) is 1. The maximum absolute atomic E-state index is 5.91. The van der Waals surface area contributed by atoms with Gasteiger partial charge in [0.25, 0.3) is 0 Å². The van der Waals surface area contributed by atoms with Gasteiger partial charge in [0.15, 0.2) is 5.79 Å². The first-order valence-corrected chi connectivity index (χ1v) is 6.33. The number of rotatable bonds is 1. The fraction of sp³-hybridized carbons (Fsp3) is 1.00. The first kappa shape index (κ1) is 10.1. The molecule has 0 aromatic carbocycles. The van der Waals surface area contributed by atoms with Crippen LogP contribution in [0.2, 0.25) is 0 Å². The SMILES string of the molecule is CCC12CCCNC1C1(CC2)OCCO1. The molecule has 0 radical (unpaired) electrons. The molecule has 3 heteroatoms. The quantitative estimate of drug-likeness (QED) is 0.715. The van der Waals surface area contributed by atoms with Gasteiger partial charge in [-0.15, -0.1) is 0 Å². The molecule has 3 fully saturated rings. The summed E-state index contributed by atoms with van der Waals surface area (Å²) in [4.78, 5) is 0. The van der Waals surface area contributed by atoms with Gasteiger partial charge < -0.3 is 14.8 Å². The normalized spacial score (nSPS) is 43.4. The summed E-state index contributed by atoms with van der Waals surface area (Å²) < 4.78 is 11.8. The predicted octanol–water partition coefficient (Wildman–Crippen LogP) is 1.67. The average molecular weight is 211 g/mol. The zero-order valence-corrected chi connectivity index (χ0v) is 9.55. The second kappa shape index (κ2) is 3.44. The Hall–Kier alpha value is -0.120. The zero-order valence-electron chi connectivity index (χ0n) is 9.55. The lowest BCUT2D eigenvalue weighted by Gasteiger charge is -2.43. The molecule has 2 heterocycles. The second-order valence-electron chi connectivity index (χ2n) is 5.22. The summed E-state index contributed by atoms with van der Waals surface area (Å²) in [6.45, 7) is 4.99. The third-order valence-electron chi connectivity index (χ3n) is 4.70. The van der Waals surface area contributed by atoms with Crippen molar-refractivity contribution in [3.63, 3.8) is 0 Å². The van der Waals surface area contributed by atoms with Crippen LogP contribution in [0.5, 0.6) is 0 Å². The molecule has 1 aliphatic carbocycles. The first-order chi connectivity index (χ1) is 7.31. The lowest BCUT2D eigenvalue weighted by molar-refractivity contribution is -0.179. The van der Waals surface area contributed by atoms with Crippen LogP contribution in [0, 0.1) is 5.41 Å². The molecular weight excluding hydrogens is 190 g/mol. The van der Waals surface area contributed by atoms with Crippen LogP contribution in [0.25, 0.3) is 0 Å². The number of hydrogen-bond donors (Lipinski definition) is 1. The van der Waals surface area contributed by atoms with Gasteiger partial charge in [0.2, 0.25) is 0 Å². The van der Waals surface area contributed by atoms with E-state index in [2.05, 4.69) is 12.2 Å². The maximum Gasteiger partial charge on any atom is 0.184 e. The fourth-order valence-corrected chi connectivity index (χ4v) is 3.85. The van der Waals surface area contributed by atoms with Gasteiger partial charge in [0, 0.05) is 6.42 Å². The Morgan fingerprint density at radius 3 is 2.73 bits per heavy atom. The Morgan fingerprint density at radius 2 is 2.00 bits per heavy atom. The van der Waals surface area contributed by atoms with Gasteiger partial charge in [-0.05, 0) is 37.6 Å². The van der Waals surface area contributed by atoms with Gasteiger partial charge in [0.1, 0.15) is 0 Å². The lowest BCUT2D eigenvalue weighted by atomic mass is 9.73. The van der Waals surface area contributed by atoms with E-state index in [1.165, 1.54) is 25.7 Å². The molecule has 1 spiro atoms. The standard InChI is InChI=1S/C12H21NO2/c1-2-11-4-3-7-13-10(11)12(6-5-11)14-8-9-15-12/h10,13H,2-9H2,1H3. The molecule has 15 heavy (non-hydrogen) atoms. The van der Waals surface area contributed by atoms with E-state index in [-0.39, 0.29) is 5.79 Å². The van der Waals surface area contributed by atoms with Crippen molar-refractivity contribution in [2.75, 3.05) is 19.8 Å². The average Bonchev–Trinajstić information content (AvgIpc) is 2.88. The Kier molecular flexibility index (Phi) is 2.31. The van der Waals surface area contributed by atoms with E-state index in [9.17, 15) is 0 Å². The minimum atomic E-state index is -0.267. The predicted molar refractivity (Wildman–Crippen MR) is 57.6 cm³/mol. The van der Waals surface area contributed by atoms with E-state index in [0.29, 0.717) is 11.5 Å². The fourth-order valence-electron chi connectivity index (χ4n) is 3.85. The molecular formula is C12H21NO2. The Morgan fingerprint density at radius 1 is 1.20 bits per heavy atom. The molecule has 0 aromatic heterocycles. The van der Waals surface area contributed by atoms with Crippen LogP contribution in [-0.2, 0) is 9.47 Å². The van der Waals surface area contributed by atoms with Gasteiger partial charge in [-0.3, -0.25) is 0 Å². The van der Waals surface area contributed by atoms with E-state index < -0.39 is 0 Å². The smallest absolute Gasteiger partial charge is 0.184 e. The van der Waals surface area contributed by atoms with Crippen molar-refractivity contribution in [2.24, 2.45) is 5.41 Å². The summed E-state index contributed by atoms with van der Waals surface area (Å²) in [5.41, 5.74) is 0.447. The van der Waals surface area contributed by atoms with Crippen molar-refractivity contribution >= 4 is 0 Å². The maximum atomic E-state index is 5.91. The highest BCUT2D eigenvalue weighted by Crippen LogP contribution is 2.53. The summed E-state index contributed by atoms with van der Waals surface area (Å²) in [7, 11) is 0. The highest BCUT2D eigenvalue weighted by Gasteiger charge is 2.59. The molecule has 1 saturated carbocycles. The van der Waals surface area contributed by atoms with Crippen molar-refractivity contribution in [2.45, 2.75) is 50.9 Å². The van der Waals surface area contributed by atoms with Crippen molar-refractivity contribution in [3.8, 4) is 0 Å². The number of hydrogen-bond acceptors (Lipinski definition) is 3. The highest BCUT2D eigenvalue weighted by atomic mass is 16.7. The number of piperidine rings is 1. The van der Waals surface area contributed by atoms with Crippen molar-refractivity contribution < 1.29 is 9.47 Å². The zero-order chi connectivity index (χ0) is 10.4. The molecule has 2 atom stereocenters. The summed E-state index contributed by atoms with van der Waals surface area (Å²) in [6, 6.07) is 0.436. The summed E-state index contributed by atoms with van der Waals surface area (Å²) in [6.07, 6.45) is 6.24. The summed E-state index contributed by atoms with van der Waals surface area (Å²) in [5.74, 6) is -0.267. The lowest BCUT2D eigenvalue weighted by Crippen LogP contribution is -2.57. The van der Waals surface area contributed by atoms with Crippen LogP contribution in [-0.4, -0.2) is 31.6 Å². The van der Waals surface area contributed by atoms with E-state index in [1.807, 2.05) is 0 Å². The number of fused-ring (bicyclic) bond motifs is 2. The molecule has 2 saturated heterocycles. The molecule has 86 valence electrons. The highest BCUT2D eigenvalue weighted by molar-refractivity contribution is 5.08. The Balaban J connectivity index is 1.90. The molecule has 3 nitrogen and oxygen atoms in total. The molecule has 1 N–H and O–H groups in total. The van der Waals surface area contributed by atoms with E-state index >= 15 is 0 Å². The molecule has 2 unspecified atom stereocenters. The van der Waals surface area contributed by atoms with Crippen LogP contribution < -0.4 is 5.32 Å². The van der Waals surface area contributed by atoms with Crippen LogP contribution in [0.4, 0.5) is 0 Å². The third kappa shape index (κ3) is 1.30. The molecule has 0 bridgehead atoms. The third-order valence-corrected chi connectivity index (χ3v) is 4.70. The Bertz CT molecular complexity index is 244. The van der Waals surface area contributed by atoms with E-state index in [4.69, 9.17) is 9.47 Å². The van der Waals surface area contributed by atoms with Gasteiger partial charge in [-0.25, -0.2) is 0 Å². The molecule has 3 aliphatic rings. The summed E-state index contributed by atoms with van der Waals surface area (Å²) in [5, 5.41) is 3.66. The molecule has 0 amide bonds.